The number of aryl methyl sites for hydroxylation is 1. The molecule has 0 bridgehead atoms. The first-order valence-electron chi connectivity index (χ1n) is 4.65. The maximum absolute atomic E-state index is 4.04. The van der Waals surface area contributed by atoms with Gasteiger partial charge in [-0.1, -0.05) is 5.21 Å². The molecule has 4 heteroatoms. The van der Waals surface area contributed by atoms with Gasteiger partial charge < -0.3 is 5.32 Å². The van der Waals surface area contributed by atoms with Crippen LogP contribution >= 0.6 is 0 Å². The van der Waals surface area contributed by atoms with Gasteiger partial charge in [-0.15, -0.1) is 5.10 Å². The van der Waals surface area contributed by atoms with E-state index in [0.29, 0.717) is 0 Å². The van der Waals surface area contributed by atoms with Crippen LogP contribution in [0, 0.1) is 0 Å². The number of aromatic nitrogens is 3. The predicted octanol–water partition coefficient (Wildman–Crippen LogP) is 1.19. The summed E-state index contributed by atoms with van der Waals surface area (Å²) < 4.78 is 1.83. The molecule has 1 heterocycles. The predicted molar refractivity (Wildman–Crippen MR) is 52.3 cm³/mol. The molecule has 0 unspecified atom stereocenters. The van der Waals surface area contributed by atoms with Crippen molar-refractivity contribution in [2.45, 2.75) is 46.3 Å². The van der Waals surface area contributed by atoms with E-state index in [1.807, 2.05) is 10.9 Å². The van der Waals surface area contributed by atoms with E-state index in [-0.39, 0.29) is 5.54 Å². The molecule has 0 saturated heterocycles. The molecule has 0 aliphatic heterocycles. The topological polar surface area (TPSA) is 42.7 Å². The zero-order chi connectivity index (χ0) is 9.90. The SMILES string of the molecule is CCn1cc(CNC(C)(C)C)nn1. The Balaban J connectivity index is 2.46. The second kappa shape index (κ2) is 3.87. The van der Waals surface area contributed by atoms with Crippen LogP contribution in [0.25, 0.3) is 0 Å². The van der Waals surface area contributed by atoms with Crippen LogP contribution in [0.1, 0.15) is 33.4 Å². The molecule has 0 amide bonds. The lowest BCUT2D eigenvalue weighted by atomic mass is 10.1. The second-order valence-electron chi connectivity index (χ2n) is 4.17. The van der Waals surface area contributed by atoms with Gasteiger partial charge in [0.2, 0.25) is 0 Å². The van der Waals surface area contributed by atoms with Crippen molar-refractivity contribution in [3.05, 3.63) is 11.9 Å². The summed E-state index contributed by atoms with van der Waals surface area (Å²) in [5.41, 5.74) is 1.13. The van der Waals surface area contributed by atoms with Crippen molar-refractivity contribution in [2.24, 2.45) is 0 Å². The summed E-state index contributed by atoms with van der Waals surface area (Å²) in [5, 5.41) is 11.4. The quantitative estimate of drug-likeness (QED) is 0.763. The van der Waals surface area contributed by atoms with Crippen molar-refractivity contribution < 1.29 is 0 Å². The highest BCUT2D eigenvalue weighted by Gasteiger charge is 2.09. The molecule has 1 rings (SSSR count). The van der Waals surface area contributed by atoms with E-state index in [1.165, 1.54) is 0 Å². The van der Waals surface area contributed by atoms with Crippen LogP contribution in [0.2, 0.25) is 0 Å². The molecule has 0 aliphatic rings. The minimum Gasteiger partial charge on any atom is -0.306 e. The lowest BCUT2D eigenvalue weighted by molar-refractivity contribution is 0.421. The molecular weight excluding hydrogens is 164 g/mol. The minimum atomic E-state index is 0.135. The average molecular weight is 182 g/mol. The fourth-order valence-corrected chi connectivity index (χ4v) is 0.930. The van der Waals surface area contributed by atoms with Gasteiger partial charge in [-0.05, 0) is 27.7 Å². The van der Waals surface area contributed by atoms with Crippen LogP contribution in [-0.2, 0) is 13.1 Å². The maximum Gasteiger partial charge on any atom is 0.0964 e. The van der Waals surface area contributed by atoms with E-state index in [4.69, 9.17) is 0 Å². The standard InChI is InChI=1S/C9H18N4/c1-5-13-7-8(11-12-13)6-10-9(2,3)4/h7,10H,5-6H2,1-4H3. The summed E-state index contributed by atoms with van der Waals surface area (Å²) in [5.74, 6) is 0. The number of nitrogens with one attached hydrogen (secondary N) is 1. The Bertz CT molecular complexity index is 259. The van der Waals surface area contributed by atoms with Crippen molar-refractivity contribution in [3.8, 4) is 0 Å². The molecule has 0 saturated carbocycles. The smallest absolute Gasteiger partial charge is 0.0964 e. The Morgan fingerprint density at radius 2 is 2.15 bits per heavy atom. The second-order valence-corrected chi connectivity index (χ2v) is 4.17. The lowest BCUT2D eigenvalue weighted by Crippen LogP contribution is -2.35. The van der Waals surface area contributed by atoms with E-state index in [1.54, 1.807) is 0 Å². The molecule has 0 fully saturated rings. The summed E-state index contributed by atoms with van der Waals surface area (Å²) in [7, 11) is 0. The average Bonchev–Trinajstić information content (AvgIpc) is 2.47. The molecule has 1 aromatic rings. The molecule has 13 heavy (non-hydrogen) atoms. The minimum absolute atomic E-state index is 0.135. The van der Waals surface area contributed by atoms with Gasteiger partial charge in [0.05, 0.1) is 5.69 Å². The fourth-order valence-electron chi connectivity index (χ4n) is 0.930. The number of rotatable bonds is 3. The molecule has 0 aromatic carbocycles. The molecule has 0 atom stereocenters. The molecule has 4 nitrogen and oxygen atoms in total. The fraction of sp³-hybridized carbons (Fsp3) is 0.778. The van der Waals surface area contributed by atoms with E-state index in [0.717, 1.165) is 18.8 Å². The number of hydrogen-bond donors (Lipinski definition) is 1. The lowest BCUT2D eigenvalue weighted by Gasteiger charge is -2.19. The van der Waals surface area contributed by atoms with Gasteiger partial charge in [0.25, 0.3) is 0 Å². The Hall–Kier alpha value is -0.900. The Morgan fingerprint density at radius 1 is 1.46 bits per heavy atom. The van der Waals surface area contributed by atoms with E-state index < -0.39 is 0 Å². The van der Waals surface area contributed by atoms with Crippen molar-refractivity contribution in [2.75, 3.05) is 0 Å². The highest BCUT2D eigenvalue weighted by molar-refractivity contribution is 4.92. The third-order valence-electron chi connectivity index (χ3n) is 1.71. The number of nitrogens with zero attached hydrogens (tertiary/aromatic N) is 3. The van der Waals surface area contributed by atoms with Crippen molar-refractivity contribution in [1.29, 1.82) is 0 Å². The van der Waals surface area contributed by atoms with Gasteiger partial charge in [0, 0.05) is 24.8 Å². The van der Waals surface area contributed by atoms with E-state index in [9.17, 15) is 0 Å². The molecule has 0 aliphatic carbocycles. The van der Waals surface area contributed by atoms with E-state index >= 15 is 0 Å². The summed E-state index contributed by atoms with van der Waals surface area (Å²) in [6.45, 7) is 10.1. The van der Waals surface area contributed by atoms with Gasteiger partial charge in [-0.25, -0.2) is 0 Å². The van der Waals surface area contributed by atoms with Gasteiger partial charge >= 0.3 is 0 Å². The van der Waals surface area contributed by atoms with Gasteiger partial charge in [0.1, 0.15) is 0 Å². The van der Waals surface area contributed by atoms with E-state index in [2.05, 4.69) is 43.3 Å². The molecule has 0 spiro atoms. The number of hydrogen-bond acceptors (Lipinski definition) is 3. The third-order valence-corrected chi connectivity index (χ3v) is 1.71. The van der Waals surface area contributed by atoms with Crippen LogP contribution in [-0.4, -0.2) is 20.5 Å². The monoisotopic (exact) mass is 182 g/mol. The largest absolute Gasteiger partial charge is 0.306 e. The van der Waals surface area contributed by atoms with Gasteiger partial charge in [-0.2, -0.15) is 0 Å². The molecule has 74 valence electrons. The molecule has 1 N–H and O–H groups in total. The zero-order valence-corrected chi connectivity index (χ0v) is 8.83. The van der Waals surface area contributed by atoms with Crippen LogP contribution in [0.3, 0.4) is 0 Å². The van der Waals surface area contributed by atoms with Crippen molar-refractivity contribution in [3.63, 3.8) is 0 Å². The van der Waals surface area contributed by atoms with Crippen molar-refractivity contribution >= 4 is 0 Å². The Morgan fingerprint density at radius 3 is 2.62 bits per heavy atom. The molecule has 0 radical (unpaired) electrons. The highest BCUT2D eigenvalue weighted by Crippen LogP contribution is 2.01. The van der Waals surface area contributed by atoms with Gasteiger partial charge in [0.15, 0.2) is 0 Å². The van der Waals surface area contributed by atoms with Crippen LogP contribution < -0.4 is 5.32 Å². The van der Waals surface area contributed by atoms with Crippen LogP contribution in [0.5, 0.6) is 0 Å². The Labute approximate surface area is 79.3 Å². The summed E-state index contributed by atoms with van der Waals surface area (Å²) in [6.07, 6.45) is 1.97. The first-order chi connectivity index (χ1) is 6.01. The Kier molecular flexibility index (Phi) is 3.03. The van der Waals surface area contributed by atoms with Crippen molar-refractivity contribution in [1.82, 2.24) is 20.3 Å². The molecule has 1 aromatic heterocycles. The zero-order valence-electron chi connectivity index (χ0n) is 8.83. The summed E-state index contributed by atoms with van der Waals surface area (Å²) in [4.78, 5) is 0. The summed E-state index contributed by atoms with van der Waals surface area (Å²) in [6, 6.07) is 0. The highest BCUT2D eigenvalue weighted by atomic mass is 15.4. The normalized spacial score (nSPS) is 12.0. The maximum atomic E-state index is 4.04. The third kappa shape index (κ3) is 3.55. The van der Waals surface area contributed by atoms with Crippen LogP contribution in [0.4, 0.5) is 0 Å². The van der Waals surface area contributed by atoms with Gasteiger partial charge in [-0.3, -0.25) is 4.68 Å². The first kappa shape index (κ1) is 10.2. The first-order valence-corrected chi connectivity index (χ1v) is 4.65. The molecular formula is C9H18N4. The van der Waals surface area contributed by atoms with Crippen LogP contribution in [0.15, 0.2) is 6.20 Å². The summed E-state index contributed by atoms with van der Waals surface area (Å²) >= 11 is 0.